The summed E-state index contributed by atoms with van der Waals surface area (Å²) in [5, 5.41) is 3.29. The van der Waals surface area contributed by atoms with Gasteiger partial charge in [-0.25, -0.2) is 0 Å². The van der Waals surface area contributed by atoms with Crippen LogP contribution in [0.5, 0.6) is 0 Å². The van der Waals surface area contributed by atoms with Gasteiger partial charge in [-0.2, -0.15) is 0 Å². The van der Waals surface area contributed by atoms with Crippen LogP contribution in [-0.2, 0) is 0 Å². The van der Waals surface area contributed by atoms with Gasteiger partial charge in [0.05, 0.1) is 0 Å². The second-order valence-corrected chi connectivity index (χ2v) is 6.14. The van der Waals surface area contributed by atoms with Crippen molar-refractivity contribution in [2.75, 3.05) is 26.7 Å². The summed E-state index contributed by atoms with van der Waals surface area (Å²) in [7, 11) is 2.05. The molecule has 0 aromatic rings. The van der Waals surface area contributed by atoms with Crippen molar-refractivity contribution >= 4 is 0 Å². The number of hydrogen-bond donors (Lipinski definition) is 1. The van der Waals surface area contributed by atoms with Crippen LogP contribution in [0.1, 0.15) is 40.5 Å². The fourth-order valence-electron chi connectivity index (χ4n) is 2.77. The van der Waals surface area contributed by atoms with Crippen molar-refractivity contribution in [2.45, 2.75) is 46.6 Å². The van der Waals surface area contributed by atoms with Crippen LogP contribution in [0.3, 0.4) is 0 Å². The third-order valence-electron chi connectivity index (χ3n) is 3.56. The number of nitrogens with zero attached hydrogens (tertiary/aromatic N) is 1. The Morgan fingerprint density at radius 3 is 2.53 bits per heavy atom. The third kappa shape index (κ3) is 4.12. The van der Waals surface area contributed by atoms with Crippen molar-refractivity contribution in [1.82, 2.24) is 10.2 Å². The van der Waals surface area contributed by atoms with Crippen LogP contribution >= 0.6 is 0 Å². The van der Waals surface area contributed by atoms with Crippen LogP contribution in [0, 0.1) is 11.3 Å². The molecule has 0 aromatic heterocycles. The SMILES string of the molecule is CNCC(C)(C)CN1CCC(C)CC1C. The average molecular weight is 212 g/mol. The van der Waals surface area contributed by atoms with Gasteiger partial charge in [0, 0.05) is 19.1 Å². The van der Waals surface area contributed by atoms with Crippen LogP contribution in [0.4, 0.5) is 0 Å². The topological polar surface area (TPSA) is 15.3 Å². The molecule has 1 rings (SSSR count). The molecule has 0 saturated carbocycles. The quantitative estimate of drug-likeness (QED) is 0.769. The van der Waals surface area contributed by atoms with Gasteiger partial charge >= 0.3 is 0 Å². The van der Waals surface area contributed by atoms with Gasteiger partial charge in [0.1, 0.15) is 0 Å². The molecule has 0 aromatic carbocycles. The first-order chi connectivity index (χ1) is 6.94. The number of nitrogens with one attached hydrogen (secondary N) is 1. The highest BCUT2D eigenvalue weighted by Crippen LogP contribution is 2.25. The highest BCUT2D eigenvalue weighted by atomic mass is 15.2. The maximum atomic E-state index is 3.29. The van der Waals surface area contributed by atoms with Gasteiger partial charge in [-0.15, -0.1) is 0 Å². The molecule has 1 aliphatic rings. The summed E-state index contributed by atoms with van der Waals surface area (Å²) in [6.45, 7) is 13.1. The summed E-state index contributed by atoms with van der Waals surface area (Å²) < 4.78 is 0. The Hall–Kier alpha value is -0.0800. The largest absolute Gasteiger partial charge is 0.319 e. The predicted molar refractivity (Wildman–Crippen MR) is 67.1 cm³/mol. The minimum atomic E-state index is 0.392. The summed E-state index contributed by atoms with van der Waals surface area (Å²) in [4.78, 5) is 2.66. The minimum Gasteiger partial charge on any atom is -0.319 e. The van der Waals surface area contributed by atoms with Gasteiger partial charge in [-0.05, 0) is 44.7 Å². The lowest BCUT2D eigenvalue weighted by molar-refractivity contribution is 0.0847. The van der Waals surface area contributed by atoms with E-state index in [2.05, 4.69) is 37.9 Å². The molecule has 15 heavy (non-hydrogen) atoms. The fraction of sp³-hybridized carbons (Fsp3) is 1.00. The first kappa shape index (κ1) is 13.0. The zero-order chi connectivity index (χ0) is 11.5. The fourth-order valence-corrected chi connectivity index (χ4v) is 2.77. The summed E-state index contributed by atoms with van der Waals surface area (Å²) in [6, 6.07) is 0.768. The molecule has 0 bridgehead atoms. The molecule has 1 N–H and O–H groups in total. The second kappa shape index (κ2) is 5.31. The lowest BCUT2D eigenvalue weighted by Gasteiger charge is -2.41. The van der Waals surface area contributed by atoms with Gasteiger partial charge in [0.2, 0.25) is 0 Å². The monoisotopic (exact) mass is 212 g/mol. The van der Waals surface area contributed by atoms with E-state index in [0.717, 1.165) is 18.5 Å². The maximum Gasteiger partial charge on any atom is 0.00697 e. The first-order valence-corrected chi connectivity index (χ1v) is 6.33. The Balaban J connectivity index is 2.43. The van der Waals surface area contributed by atoms with Gasteiger partial charge in [-0.3, -0.25) is 0 Å². The van der Waals surface area contributed by atoms with E-state index >= 15 is 0 Å². The van der Waals surface area contributed by atoms with Gasteiger partial charge < -0.3 is 10.2 Å². The Bertz CT molecular complexity index is 189. The molecule has 0 aliphatic carbocycles. The highest BCUT2D eigenvalue weighted by molar-refractivity contribution is 4.82. The highest BCUT2D eigenvalue weighted by Gasteiger charge is 2.28. The molecule has 2 nitrogen and oxygen atoms in total. The summed E-state index contributed by atoms with van der Waals surface area (Å²) >= 11 is 0. The van der Waals surface area contributed by atoms with Crippen molar-refractivity contribution in [3.63, 3.8) is 0 Å². The third-order valence-corrected chi connectivity index (χ3v) is 3.56. The smallest absolute Gasteiger partial charge is 0.00697 e. The van der Waals surface area contributed by atoms with Crippen LogP contribution in [-0.4, -0.2) is 37.6 Å². The molecule has 0 amide bonds. The van der Waals surface area contributed by atoms with Crippen molar-refractivity contribution in [2.24, 2.45) is 11.3 Å². The Morgan fingerprint density at radius 1 is 1.33 bits per heavy atom. The molecule has 0 radical (unpaired) electrons. The first-order valence-electron chi connectivity index (χ1n) is 6.33. The van der Waals surface area contributed by atoms with Crippen LogP contribution in [0.15, 0.2) is 0 Å². The summed E-state index contributed by atoms with van der Waals surface area (Å²) in [5.41, 5.74) is 0.392. The van der Waals surface area contributed by atoms with Gasteiger partial charge in [-0.1, -0.05) is 20.8 Å². The van der Waals surface area contributed by atoms with E-state index in [1.54, 1.807) is 0 Å². The van der Waals surface area contributed by atoms with Gasteiger partial charge in [0.15, 0.2) is 0 Å². The number of piperidine rings is 1. The lowest BCUT2D eigenvalue weighted by Crippen LogP contribution is -2.47. The van der Waals surface area contributed by atoms with E-state index in [0.29, 0.717) is 5.41 Å². The average Bonchev–Trinajstić information content (AvgIpc) is 2.09. The molecule has 1 fully saturated rings. The standard InChI is InChI=1S/C13H28N2/c1-11-6-7-15(12(2)8-11)10-13(3,4)9-14-5/h11-12,14H,6-10H2,1-5H3. The van der Waals surface area contributed by atoms with Crippen LogP contribution < -0.4 is 5.32 Å². The van der Waals surface area contributed by atoms with E-state index in [1.165, 1.54) is 25.9 Å². The summed E-state index contributed by atoms with van der Waals surface area (Å²) in [5.74, 6) is 0.920. The molecule has 1 aliphatic heterocycles. The number of hydrogen-bond acceptors (Lipinski definition) is 2. The molecule has 1 heterocycles. The van der Waals surface area contributed by atoms with Crippen molar-refractivity contribution in [3.8, 4) is 0 Å². The molecule has 1 saturated heterocycles. The van der Waals surface area contributed by atoms with E-state index in [1.807, 2.05) is 7.05 Å². The zero-order valence-corrected chi connectivity index (χ0v) is 11.1. The molecule has 2 atom stereocenters. The minimum absolute atomic E-state index is 0.392. The summed E-state index contributed by atoms with van der Waals surface area (Å²) in [6.07, 6.45) is 2.75. The lowest BCUT2D eigenvalue weighted by atomic mass is 9.88. The molecule has 0 spiro atoms. The Morgan fingerprint density at radius 2 is 2.00 bits per heavy atom. The predicted octanol–water partition coefficient (Wildman–Crippen LogP) is 2.35. The van der Waals surface area contributed by atoms with E-state index in [4.69, 9.17) is 0 Å². The number of rotatable bonds is 4. The number of likely N-dealkylation sites (tertiary alicyclic amines) is 1. The van der Waals surface area contributed by atoms with Crippen LogP contribution in [0.2, 0.25) is 0 Å². The molecular formula is C13H28N2. The molecule has 2 heteroatoms. The molecule has 90 valence electrons. The van der Waals surface area contributed by atoms with E-state index in [9.17, 15) is 0 Å². The Kier molecular flexibility index (Phi) is 4.60. The van der Waals surface area contributed by atoms with Gasteiger partial charge in [0.25, 0.3) is 0 Å². The maximum absolute atomic E-state index is 3.29. The molecular weight excluding hydrogens is 184 g/mol. The van der Waals surface area contributed by atoms with Crippen molar-refractivity contribution < 1.29 is 0 Å². The van der Waals surface area contributed by atoms with E-state index in [-0.39, 0.29) is 0 Å². The van der Waals surface area contributed by atoms with Crippen LogP contribution in [0.25, 0.3) is 0 Å². The molecule has 2 unspecified atom stereocenters. The van der Waals surface area contributed by atoms with E-state index < -0.39 is 0 Å². The second-order valence-electron chi connectivity index (χ2n) is 6.14. The van der Waals surface area contributed by atoms with Crippen molar-refractivity contribution in [3.05, 3.63) is 0 Å². The normalized spacial score (nSPS) is 29.4. The Labute approximate surface area is 95.4 Å². The zero-order valence-electron chi connectivity index (χ0n) is 11.1. The van der Waals surface area contributed by atoms with Crippen molar-refractivity contribution in [1.29, 1.82) is 0 Å².